The molecule has 0 radical (unpaired) electrons. The molecule has 0 atom stereocenters. The summed E-state index contributed by atoms with van der Waals surface area (Å²) in [6, 6.07) is 9.18. The van der Waals surface area contributed by atoms with Crippen LogP contribution in [-0.4, -0.2) is 30.4 Å². The highest BCUT2D eigenvalue weighted by Crippen LogP contribution is 2.36. The molecule has 0 fully saturated rings. The van der Waals surface area contributed by atoms with Gasteiger partial charge in [0.25, 0.3) is 11.8 Å². The van der Waals surface area contributed by atoms with Gasteiger partial charge in [0.1, 0.15) is 5.75 Å². The Hall–Kier alpha value is -2.36. The van der Waals surface area contributed by atoms with Crippen LogP contribution in [0.3, 0.4) is 0 Å². The van der Waals surface area contributed by atoms with Crippen LogP contribution in [0.15, 0.2) is 30.3 Å². The third-order valence-corrected chi connectivity index (χ3v) is 3.61. The molecule has 0 aromatic heterocycles. The molecule has 102 valence electrons. The standard InChI is InChI=1S/C16H15NO3/c1-3-8-17-15(18)12-9-13(20-2)10-6-4-5-7-11(10)14(12)16(17)19/h4-7,9H,3,8H2,1-2H3. The predicted molar refractivity (Wildman–Crippen MR) is 76.2 cm³/mol. The van der Waals surface area contributed by atoms with Crippen LogP contribution in [-0.2, 0) is 0 Å². The summed E-state index contributed by atoms with van der Waals surface area (Å²) < 4.78 is 5.35. The fourth-order valence-corrected chi connectivity index (χ4v) is 2.71. The Kier molecular flexibility index (Phi) is 2.93. The maximum Gasteiger partial charge on any atom is 0.262 e. The van der Waals surface area contributed by atoms with Crippen LogP contribution in [0, 0.1) is 0 Å². The second kappa shape index (κ2) is 4.63. The topological polar surface area (TPSA) is 46.6 Å². The Balaban J connectivity index is 2.31. The van der Waals surface area contributed by atoms with E-state index in [9.17, 15) is 9.59 Å². The smallest absolute Gasteiger partial charge is 0.262 e. The summed E-state index contributed by atoms with van der Waals surface area (Å²) in [5.41, 5.74) is 0.943. The van der Waals surface area contributed by atoms with Gasteiger partial charge in [-0.05, 0) is 17.9 Å². The average Bonchev–Trinajstić information content (AvgIpc) is 2.72. The van der Waals surface area contributed by atoms with E-state index < -0.39 is 0 Å². The average molecular weight is 269 g/mol. The monoisotopic (exact) mass is 269 g/mol. The third kappa shape index (κ3) is 1.61. The molecule has 1 aliphatic rings. The number of rotatable bonds is 3. The van der Waals surface area contributed by atoms with Crippen LogP contribution >= 0.6 is 0 Å². The van der Waals surface area contributed by atoms with Crippen molar-refractivity contribution in [2.75, 3.05) is 13.7 Å². The summed E-state index contributed by atoms with van der Waals surface area (Å²) in [6.07, 6.45) is 0.751. The van der Waals surface area contributed by atoms with Gasteiger partial charge in [0.2, 0.25) is 0 Å². The van der Waals surface area contributed by atoms with E-state index in [4.69, 9.17) is 4.74 Å². The van der Waals surface area contributed by atoms with Crippen LogP contribution in [0.4, 0.5) is 0 Å². The molecule has 0 saturated carbocycles. The number of carbonyl (C=O) groups is 2. The molecule has 4 nitrogen and oxygen atoms in total. The van der Waals surface area contributed by atoms with Gasteiger partial charge in [0.05, 0.1) is 18.2 Å². The Bertz CT molecular complexity index is 721. The largest absolute Gasteiger partial charge is 0.496 e. The number of ether oxygens (including phenoxy) is 1. The zero-order valence-electron chi connectivity index (χ0n) is 11.5. The summed E-state index contributed by atoms with van der Waals surface area (Å²) in [5, 5.41) is 1.63. The number of benzene rings is 2. The molecule has 2 aromatic rings. The summed E-state index contributed by atoms with van der Waals surface area (Å²) in [6.45, 7) is 2.39. The number of imide groups is 1. The lowest BCUT2D eigenvalue weighted by Gasteiger charge is -2.11. The molecule has 1 heterocycles. The normalized spacial score (nSPS) is 14.0. The number of fused-ring (bicyclic) bond motifs is 3. The van der Waals surface area contributed by atoms with E-state index in [0.29, 0.717) is 23.4 Å². The second-order valence-electron chi connectivity index (χ2n) is 4.81. The van der Waals surface area contributed by atoms with Gasteiger partial charge in [-0.3, -0.25) is 14.5 Å². The van der Waals surface area contributed by atoms with Gasteiger partial charge in [-0.2, -0.15) is 0 Å². The fraction of sp³-hybridized carbons (Fsp3) is 0.250. The molecule has 0 unspecified atom stereocenters. The van der Waals surface area contributed by atoms with Crippen molar-refractivity contribution in [3.05, 3.63) is 41.5 Å². The summed E-state index contributed by atoms with van der Waals surface area (Å²) in [7, 11) is 1.57. The first-order valence-corrected chi connectivity index (χ1v) is 6.65. The number of hydrogen-bond donors (Lipinski definition) is 0. The molecule has 0 bridgehead atoms. The van der Waals surface area contributed by atoms with E-state index in [1.807, 2.05) is 31.2 Å². The van der Waals surface area contributed by atoms with Gasteiger partial charge in [0, 0.05) is 11.9 Å². The van der Waals surface area contributed by atoms with E-state index in [-0.39, 0.29) is 11.8 Å². The third-order valence-electron chi connectivity index (χ3n) is 3.61. The van der Waals surface area contributed by atoms with E-state index in [0.717, 1.165) is 17.2 Å². The first kappa shape index (κ1) is 12.7. The molecule has 0 saturated heterocycles. The molecule has 20 heavy (non-hydrogen) atoms. The van der Waals surface area contributed by atoms with Crippen LogP contribution in [0.2, 0.25) is 0 Å². The highest BCUT2D eigenvalue weighted by Gasteiger charge is 2.37. The van der Waals surface area contributed by atoms with Gasteiger partial charge >= 0.3 is 0 Å². The summed E-state index contributed by atoms with van der Waals surface area (Å²) >= 11 is 0. The van der Waals surface area contributed by atoms with Gasteiger partial charge in [0.15, 0.2) is 0 Å². The van der Waals surface area contributed by atoms with Crippen LogP contribution in [0.25, 0.3) is 10.8 Å². The maximum atomic E-state index is 12.5. The molecule has 3 rings (SSSR count). The number of carbonyl (C=O) groups excluding carboxylic acids is 2. The van der Waals surface area contributed by atoms with Gasteiger partial charge in [-0.1, -0.05) is 31.2 Å². The molecule has 1 aliphatic heterocycles. The zero-order valence-corrected chi connectivity index (χ0v) is 11.5. The van der Waals surface area contributed by atoms with Crippen LogP contribution < -0.4 is 4.74 Å². The molecular weight excluding hydrogens is 254 g/mol. The van der Waals surface area contributed by atoms with Crippen molar-refractivity contribution in [3.8, 4) is 5.75 Å². The van der Waals surface area contributed by atoms with E-state index >= 15 is 0 Å². The highest BCUT2D eigenvalue weighted by atomic mass is 16.5. The Labute approximate surface area is 116 Å². The minimum atomic E-state index is -0.226. The van der Waals surface area contributed by atoms with E-state index in [1.54, 1.807) is 13.2 Å². The molecule has 4 heteroatoms. The van der Waals surface area contributed by atoms with Crippen molar-refractivity contribution in [3.63, 3.8) is 0 Å². The molecule has 0 aliphatic carbocycles. The van der Waals surface area contributed by atoms with Crippen LogP contribution in [0.5, 0.6) is 5.75 Å². The Morgan fingerprint density at radius 1 is 1.10 bits per heavy atom. The molecule has 0 spiro atoms. The minimum absolute atomic E-state index is 0.203. The van der Waals surface area contributed by atoms with Gasteiger partial charge in [-0.25, -0.2) is 0 Å². The lowest BCUT2D eigenvalue weighted by molar-refractivity contribution is 0.0655. The molecule has 2 aromatic carbocycles. The van der Waals surface area contributed by atoms with Crippen molar-refractivity contribution in [1.29, 1.82) is 0 Å². The molecule has 0 N–H and O–H groups in total. The SMILES string of the molecule is CCCN1C(=O)c2cc(OC)c3ccccc3c2C1=O. The lowest BCUT2D eigenvalue weighted by Crippen LogP contribution is -2.30. The lowest BCUT2D eigenvalue weighted by atomic mass is 9.99. The van der Waals surface area contributed by atoms with Crippen molar-refractivity contribution in [2.24, 2.45) is 0 Å². The first-order valence-electron chi connectivity index (χ1n) is 6.65. The van der Waals surface area contributed by atoms with Crippen LogP contribution in [0.1, 0.15) is 34.1 Å². The van der Waals surface area contributed by atoms with Crippen molar-refractivity contribution in [1.82, 2.24) is 4.90 Å². The predicted octanol–water partition coefficient (Wildman–Crippen LogP) is 2.85. The minimum Gasteiger partial charge on any atom is -0.496 e. The quantitative estimate of drug-likeness (QED) is 0.805. The van der Waals surface area contributed by atoms with Crippen molar-refractivity contribution < 1.29 is 14.3 Å². The van der Waals surface area contributed by atoms with Gasteiger partial charge < -0.3 is 4.74 Å². The Morgan fingerprint density at radius 2 is 1.80 bits per heavy atom. The maximum absolute atomic E-state index is 12.5. The second-order valence-corrected chi connectivity index (χ2v) is 4.81. The number of hydrogen-bond acceptors (Lipinski definition) is 3. The first-order chi connectivity index (χ1) is 9.69. The van der Waals surface area contributed by atoms with Crippen molar-refractivity contribution >= 4 is 22.6 Å². The Morgan fingerprint density at radius 3 is 2.45 bits per heavy atom. The number of nitrogens with zero attached hydrogens (tertiary/aromatic N) is 1. The number of amides is 2. The van der Waals surface area contributed by atoms with E-state index in [2.05, 4.69) is 0 Å². The fourth-order valence-electron chi connectivity index (χ4n) is 2.71. The zero-order chi connectivity index (χ0) is 14.3. The van der Waals surface area contributed by atoms with E-state index in [1.165, 1.54) is 4.90 Å². The summed E-state index contributed by atoms with van der Waals surface area (Å²) in [4.78, 5) is 26.1. The molecular formula is C16H15NO3. The molecule has 2 amide bonds. The van der Waals surface area contributed by atoms with Gasteiger partial charge in [-0.15, -0.1) is 0 Å². The highest BCUT2D eigenvalue weighted by molar-refractivity contribution is 6.27. The number of methoxy groups -OCH3 is 1. The van der Waals surface area contributed by atoms with Crippen molar-refractivity contribution in [2.45, 2.75) is 13.3 Å². The summed E-state index contributed by atoms with van der Waals surface area (Å²) in [5.74, 6) is 0.195.